The lowest BCUT2D eigenvalue weighted by atomic mass is 9.94. The predicted octanol–water partition coefficient (Wildman–Crippen LogP) is 3.33. The largest absolute Gasteiger partial charge is 0.497 e. The molecule has 2 aromatic carbocycles. The zero-order valence-electron chi connectivity index (χ0n) is 19.3. The van der Waals surface area contributed by atoms with E-state index in [9.17, 15) is 4.79 Å². The topological polar surface area (TPSA) is 63.6 Å². The summed E-state index contributed by atoms with van der Waals surface area (Å²) in [5, 5.41) is 6.49. The Morgan fingerprint density at radius 1 is 1.09 bits per heavy atom. The number of nitrogens with zero attached hydrogens (tertiary/aromatic N) is 3. The minimum Gasteiger partial charge on any atom is -0.497 e. The third-order valence-corrected chi connectivity index (χ3v) is 6.12. The molecule has 0 bridgehead atoms. The second kappa shape index (κ2) is 9.71. The van der Waals surface area contributed by atoms with Gasteiger partial charge in [0.2, 0.25) is 0 Å². The van der Waals surface area contributed by atoms with E-state index in [2.05, 4.69) is 36.9 Å². The first-order chi connectivity index (χ1) is 15.5. The molecule has 32 heavy (non-hydrogen) atoms. The molecule has 2 aliphatic rings. The normalized spacial score (nSPS) is 19.1. The number of rotatable bonds is 6. The lowest BCUT2D eigenvalue weighted by Crippen LogP contribution is -2.43. The van der Waals surface area contributed by atoms with Crippen LogP contribution in [0.5, 0.6) is 11.5 Å². The van der Waals surface area contributed by atoms with Gasteiger partial charge in [0.05, 0.1) is 45.7 Å². The zero-order valence-corrected chi connectivity index (χ0v) is 19.3. The van der Waals surface area contributed by atoms with E-state index < -0.39 is 0 Å². The van der Waals surface area contributed by atoms with Crippen molar-refractivity contribution < 1.29 is 19.0 Å². The Morgan fingerprint density at radius 2 is 1.88 bits per heavy atom. The second-order valence-electron chi connectivity index (χ2n) is 8.32. The van der Waals surface area contributed by atoms with Crippen molar-refractivity contribution in [2.24, 2.45) is 5.10 Å². The smallest absolute Gasteiger partial charge is 0.257 e. The Morgan fingerprint density at radius 3 is 2.56 bits per heavy atom. The summed E-state index contributed by atoms with van der Waals surface area (Å²) in [5.74, 6) is 1.42. The summed E-state index contributed by atoms with van der Waals surface area (Å²) in [7, 11) is 3.28. The number of benzene rings is 2. The number of hydrogen-bond acceptors (Lipinski definition) is 6. The molecule has 0 saturated carbocycles. The van der Waals surface area contributed by atoms with Gasteiger partial charge in [-0.2, -0.15) is 5.10 Å². The molecule has 1 fully saturated rings. The van der Waals surface area contributed by atoms with Crippen LogP contribution in [0.3, 0.4) is 0 Å². The first-order valence-electron chi connectivity index (χ1n) is 11.0. The van der Waals surface area contributed by atoms with E-state index in [1.165, 1.54) is 5.56 Å². The molecule has 0 spiro atoms. The number of carbonyl (C=O) groups is 1. The summed E-state index contributed by atoms with van der Waals surface area (Å²) in [6, 6.07) is 11.8. The summed E-state index contributed by atoms with van der Waals surface area (Å²) in [6.07, 6.45) is 0.613. The van der Waals surface area contributed by atoms with Gasteiger partial charge in [-0.25, -0.2) is 5.01 Å². The molecule has 0 N–H and O–H groups in total. The van der Waals surface area contributed by atoms with Crippen LogP contribution in [0.1, 0.15) is 34.7 Å². The van der Waals surface area contributed by atoms with E-state index in [0.29, 0.717) is 26.2 Å². The maximum absolute atomic E-state index is 13.4. The first-order valence-corrected chi connectivity index (χ1v) is 11.0. The number of ether oxygens (including phenoxy) is 3. The number of aryl methyl sites for hydroxylation is 2. The van der Waals surface area contributed by atoms with E-state index in [0.717, 1.165) is 47.0 Å². The van der Waals surface area contributed by atoms with Crippen molar-refractivity contribution >= 4 is 11.6 Å². The Labute approximate surface area is 189 Å². The highest BCUT2D eigenvalue weighted by Gasteiger charge is 2.36. The molecule has 7 heteroatoms. The van der Waals surface area contributed by atoms with Crippen LogP contribution >= 0.6 is 0 Å². The van der Waals surface area contributed by atoms with Gasteiger partial charge in [-0.15, -0.1) is 0 Å². The molecule has 1 saturated heterocycles. The average molecular weight is 438 g/mol. The summed E-state index contributed by atoms with van der Waals surface area (Å²) in [4.78, 5) is 15.6. The minimum atomic E-state index is -0.260. The molecule has 2 aromatic rings. The van der Waals surface area contributed by atoms with E-state index in [1.807, 2.05) is 18.2 Å². The van der Waals surface area contributed by atoms with Gasteiger partial charge in [-0.3, -0.25) is 9.69 Å². The summed E-state index contributed by atoms with van der Waals surface area (Å²) in [5.41, 5.74) is 5.24. The molecule has 1 unspecified atom stereocenters. The highest BCUT2D eigenvalue weighted by molar-refractivity contribution is 6.04. The van der Waals surface area contributed by atoms with Crippen molar-refractivity contribution in [1.82, 2.24) is 9.91 Å². The third-order valence-electron chi connectivity index (χ3n) is 6.12. The van der Waals surface area contributed by atoms with Crippen LogP contribution in [0.4, 0.5) is 0 Å². The summed E-state index contributed by atoms with van der Waals surface area (Å²) < 4.78 is 16.5. The van der Waals surface area contributed by atoms with Gasteiger partial charge in [0, 0.05) is 30.6 Å². The molecule has 1 amide bonds. The van der Waals surface area contributed by atoms with Crippen LogP contribution in [-0.2, 0) is 9.53 Å². The average Bonchev–Trinajstić information content (AvgIpc) is 3.24. The van der Waals surface area contributed by atoms with Crippen LogP contribution < -0.4 is 9.47 Å². The van der Waals surface area contributed by atoms with Crippen molar-refractivity contribution in [3.63, 3.8) is 0 Å². The van der Waals surface area contributed by atoms with Gasteiger partial charge in [-0.1, -0.05) is 23.8 Å². The van der Waals surface area contributed by atoms with E-state index in [-0.39, 0.29) is 11.9 Å². The standard InChI is InChI=1S/C25H31N3O4/c1-17-5-7-20(18(2)13-17)22-15-23(21-14-19(30-3)6-8-24(21)31-4)28(26-22)25(29)16-27-9-11-32-12-10-27/h5-8,13-14,23H,9-12,15-16H2,1-4H3. The van der Waals surface area contributed by atoms with Gasteiger partial charge in [0.15, 0.2) is 0 Å². The molecule has 170 valence electrons. The van der Waals surface area contributed by atoms with Gasteiger partial charge in [0.25, 0.3) is 5.91 Å². The second-order valence-corrected chi connectivity index (χ2v) is 8.32. The van der Waals surface area contributed by atoms with Crippen molar-refractivity contribution in [2.45, 2.75) is 26.3 Å². The molecule has 0 radical (unpaired) electrons. The number of amides is 1. The molecule has 2 heterocycles. The Hall–Kier alpha value is -2.90. The molecule has 4 rings (SSSR count). The number of carbonyl (C=O) groups excluding carboxylic acids is 1. The predicted molar refractivity (Wildman–Crippen MR) is 123 cm³/mol. The van der Waals surface area contributed by atoms with Gasteiger partial charge in [0.1, 0.15) is 11.5 Å². The SMILES string of the molecule is COc1ccc(OC)c(C2CC(c3ccc(C)cc3C)=NN2C(=O)CN2CCOCC2)c1. The van der Waals surface area contributed by atoms with Crippen molar-refractivity contribution in [3.8, 4) is 11.5 Å². The molecule has 0 aromatic heterocycles. The van der Waals surface area contributed by atoms with Crippen LogP contribution in [-0.4, -0.2) is 68.6 Å². The van der Waals surface area contributed by atoms with E-state index in [1.54, 1.807) is 19.2 Å². The molecular weight excluding hydrogens is 406 g/mol. The van der Waals surface area contributed by atoms with Gasteiger partial charge in [-0.05, 0) is 37.6 Å². The number of hydrazone groups is 1. The fourth-order valence-electron chi connectivity index (χ4n) is 4.41. The Kier molecular flexibility index (Phi) is 6.77. The molecule has 1 atom stereocenters. The number of morpholine rings is 1. The van der Waals surface area contributed by atoms with E-state index in [4.69, 9.17) is 19.3 Å². The number of methoxy groups -OCH3 is 2. The first kappa shape index (κ1) is 22.3. The lowest BCUT2D eigenvalue weighted by molar-refractivity contribution is -0.135. The molecule has 2 aliphatic heterocycles. The fraction of sp³-hybridized carbons (Fsp3) is 0.440. The van der Waals surface area contributed by atoms with Crippen LogP contribution in [0.15, 0.2) is 41.5 Å². The summed E-state index contributed by atoms with van der Waals surface area (Å²) >= 11 is 0. The van der Waals surface area contributed by atoms with Crippen molar-refractivity contribution in [3.05, 3.63) is 58.7 Å². The number of hydrogen-bond donors (Lipinski definition) is 0. The van der Waals surface area contributed by atoms with Gasteiger partial charge < -0.3 is 14.2 Å². The highest BCUT2D eigenvalue weighted by Crippen LogP contribution is 2.39. The van der Waals surface area contributed by atoms with Crippen LogP contribution in [0.2, 0.25) is 0 Å². The highest BCUT2D eigenvalue weighted by atomic mass is 16.5. The van der Waals surface area contributed by atoms with Crippen LogP contribution in [0, 0.1) is 13.8 Å². The molecular formula is C25H31N3O4. The third kappa shape index (κ3) is 4.64. The molecule has 0 aliphatic carbocycles. The fourth-order valence-corrected chi connectivity index (χ4v) is 4.41. The van der Waals surface area contributed by atoms with Crippen molar-refractivity contribution in [1.29, 1.82) is 0 Å². The van der Waals surface area contributed by atoms with E-state index >= 15 is 0 Å². The quantitative estimate of drug-likeness (QED) is 0.694. The summed E-state index contributed by atoms with van der Waals surface area (Å²) in [6.45, 7) is 7.28. The maximum Gasteiger partial charge on any atom is 0.257 e. The monoisotopic (exact) mass is 437 g/mol. The Balaban J connectivity index is 1.70. The van der Waals surface area contributed by atoms with Gasteiger partial charge >= 0.3 is 0 Å². The van der Waals surface area contributed by atoms with Crippen LogP contribution in [0.25, 0.3) is 0 Å². The molecule has 7 nitrogen and oxygen atoms in total. The Bertz CT molecular complexity index is 1010. The minimum absolute atomic E-state index is 0.0264. The maximum atomic E-state index is 13.4. The zero-order chi connectivity index (χ0) is 22.7. The van der Waals surface area contributed by atoms with Crippen molar-refractivity contribution in [2.75, 3.05) is 47.1 Å². The lowest BCUT2D eigenvalue weighted by Gasteiger charge is -2.29.